The van der Waals surface area contributed by atoms with E-state index in [1.165, 1.54) is 4.88 Å². The van der Waals surface area contributed by atoms with Gasteiger partial charge in [-0.2, -0.15) is 0 Å². The van der Waals surface area contributed by atoms with Crippen molar-refractivity contribution in [3.8, 4) is 0 Å². The smallest absolute Gasteiger partial charge is 0.321 e. The van der Waals surface area contributed by atoms with Gasteiger partial charge in [-0.1, -0.05) is 6.07 Å². The van der Waals surface area contributed by atoms with E-state index < -0.39 is 6.03 Å². The van der Waals surface area contributed by atoms with Crippen LogP contribution in [0.2, 0.25) is 0 Å². The van der Waals surface area contributed by atoms with Gasteiger partial charge < -0.3 is 10.2 Å². The largest absolute Gasteiger partial charge is 0.338 e. The maximum absolute atomic E-state index is 11.7. The van der Waals surface area contributed by atoms with Gasteiger partial charge in [0, 0.05) is 44.1 Å². The van der Waals surface area contributed by atoms with E-state index in [0.717, 1.165) is 39.1 Å². The molecule has 0 radical (unpaired) electrons. The summed E-state index contributed by atoms with van der Waals surface area (Å²) in [6.07, 6.45) is 1.09. The number of nitrogens with zero attached hydrogens (tertiary/aromatic N) is 2. The first-order valence-electron chi connectivity index (χ1n) is 7.72. The van der Waals surface area contributed by atoms with Crippen molar-refractivity contribution in [3.05, 3.63) is 22.4 Å². The van der Waals surface area contributed by atoms with Gasteiger partial charge in [0.25, 0.3) is 0 Å². The minimum absolute atomic E-state index is 0.238. The van der Waals surface area contributed by atoms with Crippen LogP contribution in [0.25, 0.3) is 0 Å². The molecule has 6 nitrogen and oxygen atoms in total. The molecule has 0 saturated carbocycles. The number of amides is 3. The number of piperazine rings is 1. The standard InChI is InChI=1S/C15H24N4O2S/c1-2-16-15(21)17-14(20)12-19-9-7-18(8-10-19)6-5-13-4-3-11-22-13/h3-4,11H,2,5-10,12H2,1H3,(H2,16,17,20,21). The molecule has 1 aromatic rings. The van der Waals surface area contributed by atoms with Crippen LogP contribution in [0.4, 0.5) is 4.79 Å². The molecule has 1 fully saturated rings. The first-order valence-corrected chi connectivity index (χ1v) is 8.60. The molecule has 7 heteroatoms. The molecule has 2 N–H and O–H groups in total. The van der Waals surface area contributed by atoms with Gasteiger partial charge in [-0.15, -0.1) is 11.3 Å². The summed E-state index contributed by atoms with van der Waals surface area (Å²) < 4.78 is 0. The molecule has 122 valence electrons. The van der Waals surface area contributed by atoms with Crippen LogP contribution in [0.3, 0.4) is 0 Å². The predicted octanol–water partition coefficient (Wildman–Crippen LogP) is 0.754. The Bertz CT molecular complexity index is 470. The molecule has 0 atom stereocenters. The van der Waals surface area contributed by atoms with Gasteiger partial charge in [-0.05, 0) is 24.8 Å². The molecule has 0 aliphatic carbocycles. The summed E-state index contributed by atoms with van der Waals surface area (Å²) in [7, 11) is 0. The number of imide groups is 1. The zero-order valence-corrected chi connectivity index (χ0v) is 13.8. The highest BCUT2D eigenvalue weighted by molar-refractivity contribution is 7.09. The molecule has 0 spiro atoms. The number of nitrogens with one attached hydrogen (secondary N) is 2. The summed E-state index contributed by atoms with van der Waals surface area (Å²) in [5.74, 6) is -0.238. The molecule has 2 heterocycles. The van der Waals surface area contributed by atoms with Crippen LogP contribution >= 0.6 is 11.3 Å². The van der Waals surface area contributed by atoms with Gasteiger partial charge in [0.15, 0.2) is 0 Å². The Kier molecular flexibility index (Phi) is 6.82. The lowest BCUT2D eigenvalue weighted by Crippen LogP contribution is -2.51. The van der Waals surface area contributed by atoms with Crippen molar-refractivity contribution in [3.63, 3.8) is 0 Å². The Labute approximate surface area is 135 Å². The van der Waals surface area contributed by atoms with Crippen LogP contribution in [0, 0.1) is 0 Å². The van der Waals surface area contributed by atoms with Crippen molar-refractivity contribution < 1.29 is 9.59 Å². The second-order valence-electron chi connectivity index (χ2n) is 5.35. The number of urea groups is 1. The number of thiophene rings is 1. The molecule has 1 saturated heterocycles. The Morgan fingerprint density at radius 2 is 1.95 bits per heavy atom. The highest BCUT2D eigenvalue weighted by Crippen LogP contribution is 2.10. The van der Waals surface area contributed by atoms with Crippen molar-refractivity contribution in [2.75, 3.05) is 45.8 Å². The lowest BCUT2D eigenvalue weighted by Gasteiger charge is -2.34. The van der Waals surface area contributed by atoms with E-state index in [2.05, 4.69) is 37.9 Å². The van der Waals surface area contributed by atoms with E-state index >= 15 is 0 Å². The molecule has 22 heavy (non-hydrogen) atoms. The minimum atomic E-state index is -0.415. The lowest BCUT2D eigenvalue weighted by molar-refractivity contribution is -0.121. The quantitative estimate of drug-likeness (QED) is 0.811. The molecule has 0 unspecified atom stereocenters. The number of hydrogen-bond donors (Lipinski definition) is 2. The van der Waals surface area contributed by atoms with E-state index in [9.17, 15) is 9.59 Å². The third-order valence-corrected chi connectivity index (χ3v) is 4.61. The molecule has 0 aromatic carbocycles. The Morgan fingerprint density at radius 1 is 1.23 bits per heavy atom. The summed E-state index contributed by atoms with van der Waals surface area (Å²) in [4.78, 5) is 29.0. The van der Waals surface area contributed by atoms with Crippen LogP contribution in [0.1, 0.15) is 11.8 Å². The van der Waals surface area contributed by atoms with Gasteiger partial charge in [0.05, 0.1) is 6.54 Å². The summed E-state index contributed by atoms with van der Waals surface area (Å²) in [6, 6.07) is 3.85. The normalized spacial score (nSPS) is 16.4. The van der Waals surface area contributed by atoms with Gasteiger partial charge in [-0.3, -0.25) is 15.0 Å². The number of carbonyl (C=O) groups excluding carboxylic acids is 2. The minimum Gasteiger partial charge on any atom is -0.338 e. The van der Waals surface area contributed by atoms with Crippen molar-refractivity contribution in [1.82, 2.24) is 20.4 Å². The molecular formula is C15H24N4O2S. The van der Waals surface area contributed by atoms with Crippen molar-refractivity contribution in [1.29, 1.82) is 0 Å². The maximum Gasteiger partial charge on any atom is 0.321 e. The summed E-state index contributed by atoms with van der Waals surface area (Å²) in [6.45, 7) is 7.37. The Morgan fingerprint density at radius 3 is 2.59 bits per heavy atom. The number of carbonyl (C=O) groups is 2. The molecule has 3 amide bonds. The van der Waals surface area contributed by atoms with Crippen LogP contribution in [-0.4, -0.2) is 67.6 Å². The summed E-state index contributed by atoms with van der Waals surface area (Å²) in [5, 5.41) is 7.01. The second kappa shape index (κ2) is 8.87. The maximum atomic E-state index is 11.7. The summed E-state index contributed by atoms with van der Waals surface area (Å²) >= 11 is 1.80. The SMILES string of the molecule is CCNC(=O)NC(=O)CN1CCN(CCc2cccs2)CC1. The van der Waals surface area contributed by atoms with Gasteiger partial charge in [0.1, 0.15) is 0 Å². The lowest BCUT2D eigenvalue weighted by atomic mass is 10.2. The second-order valence-corrected chi connectivity index (χ2v) is 6.39. The highest BCUT2D eigenvalue weighted by atomic mass is 32.1. The predicted molar refractivity (Wildman–Crippen MR) is 88.1 cm³/mol. The Hall–Kier alpha value is -1.44. The van der Waals surface area contributed by atoms with Crippen molar-refractivity contribution >= 4 is 23.3 Å². The van der Waals surface area contributed by atoms with Crippen LogP contribution in [0.15, 0.2) is 17.5 Å². The molecule has 0 bridgehead atoms. The zero-order valence-electron chi connectivity index (χ0n) is 13.0. The fourth-order valence-corrected chi connectivity index (χ4v) is 3.17. The van der Waals surface area contributed by atoms with Crippen LogP contribution < -0.4 is 10.6 Å². The summed E-state index contributed by atoms with van der Waals surface area (Å²) in [5.41, 5.74) is 0. The van der Waals surface area contributed by atoms with Gasteiger partial charge >= 0.3 is 6.03 Å². The molecule has 1 aromatic heterocycles. The van der Waals surface area contributed by atoms with Gasteiger partial charge in [0.2, 0.25) is 5.91 Å². The van der Waals surface area contributed by atoms with Crippen molar-refractivity contribution in [2.45, 2.75) is 13.3 Å². The van der Waals surface area contributed by atoms with E-state index in [0.29, 0.717) is 6.54 Å². The first-order chi connectivity index (χ1) is 10.7. The third-order valence-electron chi connectivity index (χ3n) is 3.68. The van der Waals surface area contributed by atoms with Crippen molar-refractivity contribution in [2.24, 2.45) is 0 Å². The fourth-order valence-electron chi connectivity index (χ4n) is 2.47. The molecular weight excluding hydrogens is 300 g/mol. The third kappa shape index (κ3) is 5.75. The number of hydrogen-bond acceptors (Lipinski definition) is 5. The Balaban J connectivity index is 1.62. The van der Waals surface area contributed by atoms with Gasteiger partial charge in [-0.25, -0.2) is 4.79 Å². The monoisotopic (exact) mass is 324 g/mol. The average molecular weight is 324 g/mol. The molecule has 1 aliphatic heterocycles. The first kappa shape index (κ1) is 16.9. The average Bonchev–Trinajstić information content (AvgIpc) is 3.00. The van der Waals surface area contributed by atoms with E-state index in [1.54, 1.807) is 11.3 Å². The molecule has 1 aliphatic rings. The molecule has 2 rings (SSSR count). The van der Waals surface area contributed by atoms with E-state index in [-0.39, 0.29) is 12.5 Å². The topological polar surface area (TPSA) is 64.7 Å². The zero-order chi connectivity index (χ0) is 15.8. The number of rotatable bonds is 6. The highest BCUT2D eigenvalue weighted by Gasteiger charge is 2.19. The van der Waals surface area contributed by atoms with E-state index in [1.807, 2.05) is 6.92 Å². The van der Waals surface area contributed by atoms with E-state index in [4.69, 9.17) is 0 Å². The fraction of sp³-hybridized carbons (Fsp3) is 0.600. The van der Waals surface area contributed by atoms with Crippen LogP contribution in [-0.2, 0) is 11.2 Å². The van der Waals surface area contributed by atoms with Crippen LogP contribution in [0.5, 0.6) is 0 Å².